The average molecular weight is 337 g/mol. The van der Waals surface area contributed by atoms with E-state index in [2.05, 4.69) is 0 Å². The number of Topliss-reactive ketones (excluding diaryl/α,β-unsaturated/α-hetero) is 1. The molecular weight excluding hydrogens is 318 g/mol. The van der Waals surface area contributed by atoms with Gasteiger partial charge in [-0.05, 0) is 24.5 Å². The van der Waals surface area contributed by atoms with Crippen LogP contribution in [0, 0.1) is 0 Å². The Balaban J connectivity index is 1.93. The zero-order valence-corrected chi connectivity index (χ0v) is 14.0. The topological polar surface area (TPSA) is 68.5 Å². The molecule has 1 aromatic carbocycles. The number of carbonyl (C=O) groups excluding carboxylic acids is 2. The van der Waals surface area contributed by atoms with Crippen molar-refractivity contribution in [3.8, 4) is 11.1 Å². The number of esters is 1. The Kier molecular flexibility index (Phi) is 3.53. The van der Waals surface area contributed by atoms with E-state index in [9.17, 15) is 14.7 Å². The maximum atomic E-state index is 12.9. The number of nitrogens with zero attached hydrogens (tertiary/aromatic N) is 1. The van der Waals surface area contributed by atoms with Gasteiger partial charge in [-0.2, -0.15) is 0 Å². The van der Waals surface area contributed by atoms with Crippen molar-refractivity contribution in [1.82, 2.24) is 4.57 Å². The van der Waals surface area contributed by atoms with Gasteiger partial charge in [0.2, 0.25) is 5.78 Å². The van der Waals surface area contributed by atoms with E-state index in [1.165, 1.54) is 7.11 Å². The second-order valence-electron chi connectivity index (χ2n) is 6.63. The molecule has 25 heavy (non-hydrogen) atoms. The minimum Gasteiger partial charge on any atom is -0.509 e. The van der Waals surface area contributed by atoms with Gasteiger partial charge in [-0.15, -0.1) is 0 Å². The number of aliphatic hydroxyl groups excluding tert-OH is 1. The summed E-state index contributed by atoms with van der Waals surface area (Å²) >= 11 is 0. The highest BCUT2D eigenvalue weighted by atomic mass is 16.5. The Hall–Kier alpha value is -2.82. The van der Waals surface area contributed by atoms with Crippen molar-refractivity contribution in [3.63, 3.8) is 0 Å². The lowest BCUT2D eigenvalue weighted by atomic mass is 9.85. The molecule has 0 bridgehead atoms. The van der Waals surface area contributed by atoms with Crippen LogP contribution in [0.3, 0.4) is 0 Å². The number of fused-ring (bicyclic) bond motifs is 2. The molecule has 2 aromatic rings. The SMILES string of the molecule is COC(=O)C1=C(O)C2(CCCC2)n2cc(-c3ccccc3)cc2C1=O. The van der Waals surface area contributed by atoms with E-state index in [4.69, 9.17) is 4.74 Å². The quantitative estimate of drug-likeness (QED) is 0.671. The number of benzene rings is 1. The first-order valence-corrected chi connectivity index (χ1v) is 8.43. The van der Waals surface area contributed by atoms with Crippen LogP contribution in [0.1, 0.15) is 36.2 Å². The first kappa shape index (κ1) is 15.7. The summed E-state index contributed by atoms with van der Waals surface area (Å²) in [6.07, 6.45) is 5.18. The first-order valence-electron chi connectivity index (χ1n) is 8.43. The van der Waals surface area contributed by atoms with Gasteiger partial charge in [0.15, 0.2) is 0 Å². The molecule has 0 amide bonds. The van der Waals surface area contributed by atoms with Crippen LogP contribution in [0.4, 0.5) is 0 Å². The van der Waals surface area contributed by atoms with Crippen LogP contribution in [0.25, 0.3) is 11.1 Å². The van der Waals surface area contributed by atoms with Crippen molar-refractivity contribution in [2.45, 2.75) is 31.2 Å². The molecule has 0 atom stereocenters. The van der Waals surface area contributed by atoms with Gasteiger partial charge in [-0.3, -0.25) is 4.79 Å². The van der Waals surface area contributed by atoms with Crippen molar-refractivity contribution in [1.29, 1.82) is 0 Å². The van der Waals surface area contributed by atoms with E-state index < -0.39 is 17.3 Å². The van der Waals surface area contributed by atoms with Crippen molar-refractivity contribution in [2.24, 2.45) is 0 Å². The number of hydrogen-bond donors (Lipinski definition) is 1. The fraction of sp³-hybridized carbons (Fsp3) is 0.300. The normalized spacial score (nSPS) is 18.5. The number of carbonyl (C=O) groups is 2. The maximum absolute atomic E-state index is 12.9. The highest BCUT2D eigenvalue weighted by Gasteiger charge is 2.49. The summed E-state index contributed by atoms with van der Waals surface area (Å²) in [5, 5.41) is 10.9. The third-order valence-electron chi connectivity index (χ3n) is 5.35. The lowest BCUT2D eigenvalue weighted by molar-refractivity contribution is -0.136. The van der Waals surface area contributed by atoms with Gasteiger partial charge < -0.3 is 14.4 Å². The van der Waals surface area contributed by atoms with Crippen molar-refractivity contribution >= 4 is 11.8 Å². The van der Waals surface area contributed by atoms with Crippen LogP contribution >= 0.6 is 0 Å². The molecule has 1 aliphatic heterocycles. The van der Waals surface area contributed by atoms with Crippen LogP contribution in [0.15, 0.2) is 53.9 Å². The van der Waals surface area contributed by atoms with Crippen molar-refractivity contribution < 1.29 is 19.4 Å². The van der Waals surface area contributed by atoms with E-state index in [0.29, 0.717) is 18.5 Å². The number of aromatic nitrogens is 1. The van der Waals surface area contributed by atoms with E-state index >= 15 is 0 Å². The van der Waals surface area contributed by atoms with E-state index in [-0.39, 0.29) is 11.3 Å². The number of methoxy groups -OCH3 is 1. The average Bonchev–Trinajstić information content (AvgIpc) is 3.29. The fourth-order valence-electron chi connectivity index (χ4n) is 4.09. The molecule has 0 radical (unpaired) electrons. The summed E-state index contributed by atoms with van der Waals surface area (Å²) < 4.78 is 6.62. The summed E-state index contributed by atoms with van der Waals surface area (Å²) in [6, 6.07) is 11.6. The van der Waals surface area contributed by atoms with Gasteiger partial charge in [0, 0.05) is 11.8 Å². The molecule has 0 saturated heterocycles. The van der Waals surface area contributed by atoms with Gasteiger partial charge in [0.1, 0.15) is 16.9 Å². The van der Waals surface area contributed by atoms with Gasteiger partial charge >= 0.3 is 5.97 Å². The van der Waals surface area contributed by atoms with Crippen LogP contribution in [0.5, 0.6) is 0 Å². The third kappa shape index (κ3) is 2.15. The van der Waals surface area contributed by atoms with Crippen molar-refractivity contribution in [3.05, 3.63) is 59.6 Å². The molecule has 5 heteroatoms. The Morgan fingerprint density at radius 1 is 1.16 bits per heavy atom. The molecule has 0 unspecified atom stereocenters. The molecule has 4 rings (SSSR count). The summed E-state index contributed by atoms with van der Waals surface area (Å²) in [5.74, 6) is -1.41. The van der Waals surface area contributed by atoms with E-state index in [1.807, 2.05) is 41.1 Å². The van der Waals surface area contributed by atoms with Crippen LogP contribution in [0.2, 0.25) is 0 Å². The van der Waals surface area contributed by atoms with Gasteiger partial charge in [0.05, 0.1) is 12.8 Å². The molecular formula is C20H19NO4. The predicted molar refractivity (Wildman–Crippen MR) is 92.3 cm³/mol. The molecule has 2 aliphatic rings. The molecule has 1 N–H and O–H groups in total. The minimum atomic E-state index is -0.775. The third-order valence-corrected chi connectivity index (χ3v) is 5.35. The Labute approximate surface area is 145 Å². The number of hydrogen-bond acceptors (Lipinski definition) is 4. The van der Waals surface area contributed by atoms with Crippen LogP contribution in [-0.4, -0.2) is 28.5 Å². The van der Waals surface area contributed by atoms with E-state index in [1.54, 1.807) is 6.07 Å². The lowest BCUT2D eigenvalue weighted by Crippen LogP contribution is -2.41. The van der Waals surface area contributed by atoms with Gasteiger partial charge in [-0.25, -0.2) is 4.79 Å². The smallest absolute Gasteiger partial charge is 0.345 e. The number of rotatable bonds is 2. The number of ether oxygens (including phenoxy) is 1. The zero-order chi connectivity index (χ0) is 17.6. The molecule has 2 heterocycles. The number of allylic oxidation sites excluding steroid dienone is 1. The molecule has 1 aromatic heterocycles. The fourth-order valence-corrected chi connectivity index (χ4v) is 4.09. The molecule has 1 spiro atoms. The Bertz CT molecular complexity index is 886. The van der Waals surface area contributed by atoms with Crippen LogP contribution in [-0.2, 0) is 15.1 Å². The summed E-state index contributed by atoms with van der Waals surface area (Å²) in [5.41, 5.74) is 1.37. The van der Waals surface area contributed by atoms with E-state index in [0.717, 1.165) is 24.0 Å². The predicted octanol–water partition coefficient (Wildman–Crippen LogP) is 3.61. The second-order valence-corrected chi connectivity index (χ2v) is 6.63. The van der Waals surface area contributed by atoms with Gasteiger partial charge in [-0.1, -0.05) is 43.2 Å². The Morgan fingerprint density at radius 3 is 2.48 bits per heavy atom. The maximum Gasteiger partial charge on any atom is 0.345 e. The van der Waals surface area contributed by atoms with Crippen LogP contribution < -0.4 is 0 Å². The largest absolute Gasteiger partial charge is 0.509 e. The zero-order valence-electron chi connectivity index (χ0n) is 14.0. The minimum absolute atomic E-state index is 0.149. The summed E-state index contributed by atoms with van der Waals surface area (Å²) in [4.78, 5) is 25.0. The van der Waals surface area contributed by atoms with Crippen molar-refractivity contribution in [2.75, 3.05) is 7.11 Å². The second kappa shape index (κ2) is 5.62. The Morgan fingerprint density at radius 2 is 1.84 bits per heavy atom. The van der Waals surface area contributed by atoms with Gasteiger partial charge in [0.25, 0.3) is 0 Å². The number of aliphatic hydroxyl groups is 1. The molecule has 5 nitrogen and oxygen atoms in total. The molecule has 1 aliphatic carbocycles. The standard InChI is InChI=1S/C20H19NO4/c1-25-19(24)16-17(22)15-11-14(13-7-3-2-4-8-13)12-21(15)20(18(16)23)9-5-6-10-20/h2-4,7-8,11-12,23H,5-6,9-10H2,1H3. The highest BCUT2D eigenvalue weighted by molar-refractivity contribution is 6.25. The molecule has 128 valence electrons. The first-order chi connectivity index (χ1) is 12.1. The summed E-state index contributed by atoms with van der Waals surface area (Å²) in [6.45, 7) is 0. The summed E-state index contributed by atoms with van der Waals surface area (Å²) in [7, 11) is 1.22. The molecule has 1 saturated carbocycles. The number of ketones is 1. The highest BCUT2D eigenvalue weighted by Crippen LogP contribution is 2.47. The molecule has 1 fully saturated rings. The monoisotopic (exact) mass is 337 g/mol. The lowest BCUT2D eigenvalue weighted by Gasteiger charge is -2.36.